The second-order valence-corrected chi connectivity index (χ2v) is 5.45. The number of rotatable bonds is 4. The molecule has 1 aliphatic rings. The molecule has 5 heteroatoms. The van der Waals surface area contributed by atoms with Crippen LogP contribution in [-0.4, -0.2) is 24.2 Å². The summed E-state index contributed by atoms with van der Waals surface area (Å²) < 4.78 is 0. The van der Waals surface area contributed by atoms with Gasteiger partial charge in [0.2, 0.25) is 0 Å². The number of amides is 1. The monoisotopic (exact) mass is 286 g/mol. The van der Waals surface area contributed by atoms with Crippen molar-refractivity contribution >= 4 is 30.1 Å². The van der Waals surface area contributed by atoms with Gasteiger partial charge in [0.1, 0.15) is 0 Å². The van der Waals surface area contributed by atoms with E-state index in [1.165, 1.54) is 6.42 Å². The Hall–Kier alpha value is -0.710. The minimum absolute atomic E-state index is 0. The third kappa shape index (κ3) is 3.40. The van der Waals surface area contributed by atoms with Crippen molar-refractivity contribution < 1.29 is 4.79 Å². The topological polar surface area (TPSA) is 55.1 Å². The van der Waals surface area contributed by atoms with Crippen molar-refractivity contribution in [3.63, 3.8) is 0 Å². The number of hydrogen-bond acceptors (Lipinski definition) is 3. The van der Waals surface area contributed by atoms with Gasteiger partial charge in [0.15, 0.2) is 0 Å². The van der Waals surface area contributed by atoms with Gasteiger partial charge in [-0.15, -0.1) is 24.2 Å². The van der Waals surface area contributed by atoms with Crippen molar-refractivity contribution in [2.45, 2.75) is 29.7 Å². The number of hydrogen-bond donors (Lipinski definition) is 2. The lowest BCUT2D eigenvalue weighted by Gasteiger charge is -2.38. The minimum Gasteiger partial charge on any atom is -0.350 e. The Labute approximate surface area is 118 Å². The third-order valence-electron chi connectivity index (χ3n) is 3.30. The van der Waals surface area contributed by atoms with E-state index in [9.17, 15) is 4.79 Å². The lowest BCUT2D eigenvalue weighted by atomic mass is 9.78. The molecule has 0 heterocycles. The predicted molar refractivity (Wildman–Crippen MR) is 78.6 cm³/mol. The van der Waals surface area contributed by atoms with Gasteiger partial charge < -0.3 is 11.1 Å². The number of nitrogens with one attached hydrogen (secondary N) is 1. The third-order valence-corrected chi connectivity index (χ3v) is 4.10. The van der Waals surface area contributed by atoms with Crippen LogP contribution in [0.3, 0.4) is 0 Å². The second kappa shape index (κ2) is 6.45. The lowest BCUT2D eigenvalue weighted by Crippen LogP contribution is -2.54. The van der Waals surface area contributed by atoms with Crippen molar-refractivity contribution in [3.8, 4) is 0 Å². The summed E-state index contributed by atoms with van der Waals surface area (Å²) in [6, 6.07) is 7.64. The molecule has 1 fully saturated rings. The first-order chi connectivity index (χ1) is 8.14. The SMILES string of the molecule is CSc1ccccc1C(=O)NCC1(N)CCC1.Cl. The van der Waals surface area contributed by atoms with Gasteiger partial charge in [-0.3, -0.25) is 4.79 Å². The van der Waals surface area contributed by atoms with Crippen LogP contribution in [0.1, 0.15) is 29.6 Å². The average Bonchev–Trinajstić information content (AvgIpc) is 2.33. The summed E-state index contributed by atoms with van der Waals surface area (Å²) in [4.78, 5) is 13.0. The Balaban J connectivity index is 0.00000162. The quantitative estimate of drug-likeness (QED) is 0.836. The van der Waals surface area contributed by atoms with Gasteiger partial charge >= 0.3 is 0 Å². The maximum absolute atomic E-state index is 12.0. The molecule has 1 amide bonds. The number of carbonyl (C=O) groups is 1. The molecule has 1 saturated carbocycles. The predicted octanol–water partition coefficient (Wildman–Crippen LogP) is 2.44. The first-order valence-corrected chi connectivity index (χ1v) is 7.07. The smallest absolute Gasteiger partial charge is 0.252 e. The number of carbonyl (C=O) groups excluding carboxylic acids is 1. The molecule has 3 nitrogen and oxygen atoms in total. The van der Waals surface area contributed by atoms with Crippen LogP contribution in [0.5, 0.6) is 0 Å². The van der Waals surface area contributed by atoms with E-state index in [0.29, 0.717) is 6.54 Å². The highest BCUT2D eigenvalue weighted by molar-refractivity contribution is 7.98. The summed E-state index contributed by atoms with van der Waals surface area (Å²) in [7, 11) is 0. The van der Waals surface area contributed by atoms with Crippen molar-refractivity contribution in [2.75, 3.05) is 12.8 Å². The van der Waals surface area contributed by atoms with Crippen LogP contribution in [0.15, 0.2) is 29.2 Å². The summed E-state index contributed by atoms with van der Waals surface area (Å²) in [6.07, 6.45) is 5.17. The molecule has 18 heavy (non-hydrogen) atoms. The Morgan fingerprint density at radius 2 is 2.11 bits per heavy atom. The van der Waals surface area contributed by atoms with Crippen LogP contribution >= 0.6 is 24.2 Å². The average molecular weight is 287 g/mol. The molecule has 0 saturated heterocycles. The molecule has 1 aliphatic carbocycles. The normalized spacial score (nSPS) is 16.3. The molecule has 1 aromatic carbocycles. The van der Waals surface area contributed by atoms with Gasteiger partial charge in [0, 0.05) is 17.0 Å². The maximum atomic E-state index is 12.0. The molecule has 0 spiro atoms. The molecule has 0 radical (unpaired) electrons. The zero-order valence-corrected chi connectivity index (χ0v) is 12.1. The fourth-order valence-electron chi connectivity index (χ4n) is 1.99. The summed E-state index contributed by atoms with van der Waals surface area (Å²) >= 11 is 1.58. The van der Waals surface area contributed by atoms with Gasteiger partial charge in [0.25, 0.3) is 5.91 Å². The fraction of sp³-hybridized carbons (Fsp3) is 0.462. The first kappa shape index (κ1) is 15.3. The molecule has 0 bridgehead atoms. The Morgan fingerprint density at radius 3 is 2.67 bits per heavy atom. The van der Waals surface area contributed by atoms with Crippen molar-refractivity contribution in [3.05, 3.63) is 29.8 Å². The molecule has 0 atom stereocenters. The van der Waals surface area contributed by atoms with E-state index in [2.05, 4.69) is 5.32 Å². The standard InChI is InChI=1S/C13H18N2OS.ClH/c1-17-11-6-3-2-5-10(11)12(16)15-9-13(14)7-4-8-13;/h2-3,5-6H,4,7-9,14H2,1H3,(H,15,16);1H. The molecule has 3 N–H and O–H groups in total. The van der Waals surface area contributed by atoms with Gasteiger partial charge in [-0.25, -0.2) is 0 Å². The Bertz CT molecular complexity index is 421. The molecule has 1 aromatic rings. The zero-order chi connectivity index (χ0) is 12.3. The van der Waals surface area contributed by atoms with E-state index in [4.69, 9.17) is 5.73 Å². The summed E-state index contributed by atoms with van der Waals surface area (Å²) in [5.74, 6) is -0.0216. The first-order valence-electron chi connectivity index (χ1n) is 5.85. The highest BCUT2D eigenvalue weighted by Gasteiger charge is 2.32. The van der Waals surface area contributed by atoms with Gasteiger partial charge in [-0.2, -0.15) is 0 Å². The molecule has 0 aromatic heterocycles. The van der Waals surface area contributed by atoms with E-state index in [1.54, 1.807) is 11.8 Å². The summed E-state index contributed by atoms with van der Waals surface area (Å²) in [5, 5.41) is 2.94. The largest absolute Gasteiger partial charge is 0.350 e. The van der Waals surface area contributed by atoms with Crippen LogP contribution in [-0.2, 0) is 0 Å². The lowest BCUT2D eigenvalue weighted by molar-refractivity contribution is 0.0927. The minimum atomic E-state index is -0.163. The van der Waals surface area contributed by atoms with Gasteiger partial charge in [-0.1, -0.05) is 12.1 Å². The van der Waals surface area contributed by atoms with E-state index in [0.717, 1.165) is 23.3 Å². The van der Waals surface area contributed by atoms with Crippen molar-refractivity contribution in [1.82, 2.24) is 5.32 Å². The van der Waals surface area contributed by atoms with E-state index in [-0.39, 0.29) is 23.9 Å². The zero-order valence-electron chi connectivity index (χ0n) is 10.4. The highest BCUT2D eigenvalue weighted by atomic mass is 35.5. The molecule has 100 valence electrons. The Morgan fingerprint density at radius 1 is 1.44 bits per heavy atom. The maximum Gasteiger partial charge on any atom is 0.252 e. The number of nitrogens with two attached hydrogens (primary N) is 1. The van der Waals surface area contributed by atoms with Crippen molar-refractivity contribution in [2.24, 2.45) is 5.73 Å². The number of halogens is 1. The van der Waals surface area contributed by atoms with Gasteiger partial charge in [-0.05, 0) is 37.7 Å². The van der Waals surface area contributed by atoms with Crippen LogP contribution < -0.4 is 11.1 Å². The summed E-state index contributed by atoms with van der Waals surface area (Å²) in [6.45, 7) is 0.578. The molecule has 0 aliphatic heterocycles. The van der Waals surface area contributed by atoms with Crippen molar-refractivity contribution in [1.29, 1.82) is 0 Å². The summed E-state index contributed by atoms with van der Waals surface area (Å²) in [5.41, 5.74) is 6.66. The molecule has 0 unspecified atom stereocenters. The molecule has 2 rings (SSSR count). The highest BCUT2D eigenvalue weighted by Crippen LogP contribution is 2.28. The van der Waals surface area contributed by atoms with E-state index >= 15 is 0 Å². The Kier molecular flexibility index (Phi) is 5.50. The van der Waals surface area contributed by atoms with Gasteiger partial charge in [0.05, 0.1) is 5.56 Å². The molecular weight excluding hydrogens is 268 g/mol. The van der Waals surface area contributed by atoms with Crippen LogP contribution in [0.2, 0.25) is 0 Å². The van der Waals surface area contributed by atoms with Crippen LogP contribution in [0, 0.1) is 0 Å². The van der Waals surface area contributed by atoms with E-state index in [1.807, 2.05) is 30.5 Å². The second-order valence-electron chi connectivity index (χ2n) is 4.60. The van der Waals surface area contributed by atoms with Crippen LogP contribution in [0.4, 0.5) is 0 Å². The fourth-order valence-corrected chi connectivity index (χ4v) is 2.59. The van der Waals surface area contributed by atoms with Crippen LogP contribution in [0.25, 0.3) is 0 Å². The number of thioether (sulfide) groups is 1. The number of benzene rings is 1. The molecular formula is C13H19ClN2OS. The van der Waals surface area contributed by atoms with E-state index < -0.39 is 0 Å².